The summed E-state index contributed by atoms with van der Waals surface area (Å²) in [6.07, 6.45) is 6.11. The Labute approximate surface area is 245 Å². The van der Waals surface area contributed by atoms with Gasteiger partial charge in [-0.05, 0) is 57.7 Å². The van der Waals surface area contributed by atoms with Crippen molar-refractivity contribution in [1.29, 1.82) is 0 Å². The summed E-state index contributed by atoms with van der Waals surface area (Å²) in [5.74, 6) is -0.00499. The van der Waals surface area contributed by atoms with E-state index in [0.29, 0.717) is 24.9 Å². The lowest BCUT2D eigenvalue weighted by Gasteiger charge is -2.40. The van der Waals surface area contributed by atoms with Crippen LogP contribution in [0, 0.1) is 0 Å². The van der Waals surface area contributed by atoms with Gasteiger partial charge in [0.15, 0.2) is 15.6 Å². The van der Waals surface area contributed by atoms with E-state index in [4.69, 9.17) is 4.74 Å². The first-order chi connectivity index (χ1) is 20.0. The highest BCUT2D eigenvalue weighted by atomic mass is 32.2. The summed E-state index contributed by atoms with van der Waals surface area (Å²) in [7, 11) is -3.47. The predicted octanol–water partition coefficient (Wildman–Crippen LogP) is 2.76. The van der Waals surface area contributed by atoms with Crippen molar-refractivity contribution in [1.82, 2.24) is 25.1 Å². The molecule has 1 amide bonds. The first kappa shape index (κ1) is 30.1. The molecule has 2 saturated heterocycles. The first-order valence-electron chi connectivity index (χ1n) is 14.4. The van der Waals surface area contributed by atoms with Crippen molar-refractivity contribution in [2.24, 2.45) is 0 Å². The molecule has 226 valence electrons. The number of ether oxygens (including phenoxy) is 1. The number of hydrogen-bond donors (Lipinski definition) is 3. The number of nitrogens with zero attached hydrogens (tertiary/aromatic N) is 3. The highest BCUT2D eigenvalue weighted by molar-refractivity contribution is 7.90. The van der Waals surface area contributed by atoms with Gasteiger partial charge in [0.2, 0.25) is 0 Å². The molecule has 0 saturated carbocycles. The summed E-state index contributed by atoms with van der Waals surface area (Å²) >= 11 is 0. The van der Waals surface area contributed by atoms with Crippen LogP contribution in [0.1, 0.15) is 56.5 Å². The molecule has 2 bridgehead atoms. The maximum Gasteiger partial charge on any atom is 0.413 e. The molecule has 2 aliphatic rings. The van der Waals surface area contributed by atoms with Crippen LogP contribution in [0.4, 0.5) is 4.79 Å². The topological polar surface area (TPSA) is 143 Å². The fourth-order valence-electron chi connectivity index (χ4n) is 6.43. The average Bonchev–Trinajstić information content (AvgIpc) is 3.15. The van der Waals surface area contributed by atoms with Gasteiger partial charge in [0.1, 0.15) is 5.37 Å². The molecule has 0 aliphatic carbocycles. The van der Waals surface area contributed by atoms with Crippen LogP contribution in [0.2, 0.25) is 0 Å². The van der Waals surface area contributed by atoms with Gasteiger partial charge in [0, 0.05) is 66.9 Å². The maximum atomic E-state index is 13.1. The fraction of sp³-hybridized carbons (Fsp3) is 0.500. The van der Waals surface area contributed by atoms with E-state index >= 15 is 0 Å². The second kappa shape index (κ2) is 12.5. The summed E-state index contributed by atoms with van der Waals surface area (Å²) in [6, 6.07) is 12.6. The Balaban J connectivity index is 1.17. The molecule has 0 spiro atoms. The number of para-hydroxylation sites is 1. The van der Waals surface area contributed by atoms with Crippen LogP contribution in [0.3, 0.4) is 0 Å². The summed E-state index contributed by atoms with van der Waals surface area (Å²) in [5, 5.41) is 16.6. The number of piperidine rings is 1. The van der Waals surface area contributed by atoms with E-state index in [9.17, 15) is 23.1 Å². The molecular formula is C30H39N5O6S. The molecule has 2 aliphatic heterocycles. The third-order valence-electron chi connectivity index (χ3n) is 8.21. The molecule has 5 rings (SSSR count). The lowest BCUT2D eigenvalue weighted by Crippen LogP contribution is -2.53. The number of aromatic nitrogens is 2. The van der Waals surface area contributed by atoms with Crippen LogP contribution < -0.4 is 20.9 Å². The number of carbonyl (C=O) groups is 1. The number of pyridine rings is 2. The predicted molar refractivity (Wildman–Crippen MR) is 160 cm³/mol. The number of aliphatic hydroxyl groups is 1. The Bertz CT molecular complexity index is 1560. The van der Waals surface area contributed by atoms with Crippen molar-refractivity contribution in [3.05, 3.63) is 70.8 Å². The second-order valence-corrected chi connectivity index (χ2v) is 13.8. The van der Waals surface area contributed by atoms with Gasteiger partial charge >= 0.3 is 6.09 Å². The van der Waals surface area contributed by atoms with E-state index in [1.54, 1.807) is 29.0 Å². The molecular weight excluding hydrogens is 558 g/mol. The molecule has 11 nitrogen and oxygen atoms in total. The lowest BCUT2D eigenvalue weighted by molar-refractivity contribution is 0.0521. The lowest BCUT2D eigenvalue weighted by atomic mass is 9.97. The van der Waals surface area contributed by atoms with Crippen LogP contribution in [-0.2, 0) is 9.84 Å². The maximum absolute atomic E-state index is 13.1. The van der Waals surface area contributed by atoms with Gasteiger partial charge in [0.05, 0.1) is 11.6 Å². The zero-order valence-corrected chi connectivity index (χ0v) is 25.0. The highest BCUT2D eigenvalue weighted by Gasteiger charge is 2.42. The number of hydrogen-bond acceptors (Lipinski definition) is 9. The molecule has 3 N–H and O–H groups in total. The van der Waals surface area contributed by atoms with Crippen molar-refractivity contribution in [3.63, 3.8) is 0 Å². The molecule has 4 heterocycles. The first-order valence-corrected chi connectivity index (χ1v) is 16.3. The summed E-state index contributed by atoms with van der Waals surface area (Å²) < 4.78 is 31.9. The minimum atomic E-state index is -3.47. The minimum Gasteiger partial charge on any atom is -0.404 e. The van der Waals surface area contributed by atoms with Crippen molar-refractivity contribution >= 4 is 26.8 Å². The van der Waals surface area contributed by atoms with Crippen LogP contribution >= 0.6 is 0 Å². The van der Waals surface area contributed by atoms with Crippen molar-refractivity contribution in [3.8, 4) is 5.75 Å². The summed E-state index contributed by atoms with van der Waals surface area (Å²) in [6.45, 7) is 4.34. The Kier molecular flexibility index (Phi) is 8.97. The van der Waals surface area contributed by atoms with Crippen LogP contribution in [0.5, 0.6) is 5.75 Å². The highest BCUT2D eigenvalue weighted by Crippen LogP contribution is 2.36. The average molecular weight is 598 g/mol. The number of amides is 1. The minimum absolute atomic E-state index is 0.00499. The van der Waals surface area contributed by atoms with E-state index in [-0.39, 0.29) is 42.0 Å². The molecule has 42 heavy (non-hydrogen) atoms. The SMILES string of the molecule is CC(C)n1c(=O)c(OC(=O)NC2C[C@H]3CC[C@@H](C2)N3CC(O)CNC(c2cccnc2)S(C)(=O)=O)cc2ccccc21. The third kappa shape index (κ3) is 6.67. The molecule has 3 unspecified atom stereocenters. The standard InChI is InChI=1S/C30H39N5O6S/c1-19(2)35-26-9-5-4-7-20(26)13-27(29(35)37)41-30(38)33-22-14-23-10-11-24(15-22)34(23)18-25(36)17-32-28(42(3,39)40)21-8-6-12-31-16-21/h4-9,12-13,16,19,22-25,28,32,36H,10-11,14-15,17-18H2,1-3H3,(H,33,38)/t22?,23-,24+,25?,28?. The normalized spacial score (nSPS) is 22.3. The number of rotatable bonds is 10. The van der Waals surface area contributed by atoms with E-state index in [1.165, 1.54) is 6.20 Å². The molecule has 1 aromatic carbocycles. The van der Waals surface area contributed by atoms with Gasteiger partial charge in [-0.15, -0.1) is 0 Å². The Morgan fingerprint density at radius 1 is 1.14 bits per heavy atom. The molecule has 3 aromatic rings. The van der Waals surface area contributed by atoms with Gasteiger partial charge in [0.25, 0.3) is 5.56 Å². The molecule has 2 fully saturated rings. The molecule has 12 heteroatoms. The van der Waals surface area contributed by atoms with Gasteiger partial charge in [-0.3, -0.25) is 20.0 Å². The smallest absolute Gasteiger partial charge is 0.404 e. The monoisotopic (exact) mass is 597 g/mol. The Morgan fingerprint density at radius 2 is 1.86 bits per heavy atom. The molecule has 0 radical (unpaired) electrons. The van der Waals surface area contributed by atoms with Crippen molar-refractivity contribution < 1.29 is 23.1 Å². The largest absolute Gasteiger partial charge is 0.413 e. The number of aliphatic hydroxyl groups excluding tert-OH is 1. The quantitative estimate of drug-likeness (QED) is 0.322. The molecule has 2 aromatic heterocycles. The zero-order chi connectivity index (χ0) is 30.0. The van der Waals surface area contributed by atoms with Gasteiger partial charge in [-0.1, -0.05) is 24.3 Å². The third-order valence-corrected chi connectivity index (χ3v) is 9.51. The van der Waals surface area contributed by atoms with Gasteiger partial charge in [-0.2, -0.15) is 0 Å². The van der Waals surface area contributed by atoms with Gasteiger partial charge in [-0.25, -0.2) is 13.2 Å². The Morgan fingerprint density at radius 3 is 2.50 bits per heavy atom. The molecule has 5 atom stereocenters. The van der Waals surface area contributed by atoms with Crippen LogP contribution in [0.15, 0.2) is 59.7 Å². The number of benzene rings is 1. The number of nitrogens with one attached hydrogen (secondary N) is 2. The van der Waals surface area contributed by atoms with E-state index in [1.807, 2.05) is 38.1 Å². The second-order valence-electron chi connectivity index (χ2n) is 11.7. The zero-order valence-electron chi connectivity index (χ0n) is 24.1. The number of carbonyl (C=O) groups excluding carboxylic acids is 1. The summed E-state index contributed by atoms with van der Waals surface area (Å²) in [5.41, 5.74) is 0.964. The number of sulfone groups is 1. The van der Waals surface area contributed by atoms with Crippen molar-refractivity contribution in [2.45, 2.75) is 75.2 Å². The van der Waals surface area contributed by atoms with E-state index in [0.717, 1.165) is 30.0 Å². The summed E-state index contributed by atoms with van der Waals surface area (Å²) in [4.78, 5) is 32.3. The van der Waals surface area contributed by atoms with Crippen molar-refractivity contribution in [2.75, 3.05) is 19.3 Å². The fourth-order valence-corrected chi connectivity index (χ4v) is 7.46. The van der Waals surface area contributed by atoms with E-state index in [2.05, 4.69) is 20.5 Å². The Hall–Kier alpha value is -3.32. The number of fused-ring (bicyclic) bond motifs is 3. The van der Waals surface area contributed by atoms with Crippen LogP contribution in [0.25, 0.3) is 10.9 Å². The van der Waals surface area contributed by atoms with Gasteiger partial charge < -0.3 is 19.7 Å². The van der Waals surface area contributed by atoms with E-state index < -0.39 is 27.4 Å². The van der Waals surface area contributed by atoms with Crippen LogP contribution in [-0.4, -0.2) is 77.6 Å².